The van der Waals surface area contributed by atoms with Crippen LogP contribution in [0.5, 0.6) is 0 Å². The predicted molar refractivity (Wildman–Crippen MR) is 116 cm³/mol. The van der Waals surface area contributed by atoms with Crippen molar-refractivity contribution < 1.29 is 0 Å². The molecule has 29 heavy (non-hydrogen) atoms. The van der Waals surface area contributed by atoms with Crippen LogP contribution in [0.15, 0.2) is 102 Å². The number of fused-ring (bicyclic) bond motifs is 1. The van der Waals surface area contributed by atoms with Gasteiger partial charge in [-0.25, -0.2) is 9.67 Å². The fourth-order valence-electron chi connectivity index (χ4n) is 3.51. The summed E-state index contributed by atoms with van der Waals surface area (Å²) in [5.41, 5.74) is 3.70. The van der Waals surface area contributed by atoms with E-state index in [9.17, 15) is 4.79 Å². The second kappa shape index (κ2) is 7.20. The third-order valence-corrected chi connectivity index (χ3v) is 4.92. The minimum absolute atomic E-state index is 0.119. The molecule has 0 atom stereocenters. The molecular weight excluding hydrogens is 360 g/mol. The van der Waals surface area contributed by atoms with Gasteiger partial charge in [-0.1, -0.05) is 72.8 Å². The second-order valence-corrected chi connectivity index (χ2v) is 6.76. The Kier molecular flexibility index (Phi) is 4.26. The minimum Gasteiger partial charge on any atom is -0.270 e. The van der Waals surface area contributed by atoms with Crippen molar-refractivity contribution in [3.05, 3.63) is 108 Å². The molecule has 0 saturated carbocycles. The highest BCUT2D eigenvalue weighted by molar-refractivity contribution is 5.91. The van der Waals surface area contributed by atoms with Gasteiger partial charge in [0.05, 0.1) is 5.69 Å². The Morgan fingerprint density at radius 2 is 1.62 bits per heavy atom. The average molecular weight is 378 g/mol. The van der Waals surface area contributed by atoms with Crippen LogP contribution in [0.3, 0.4) is 0 Å². The molecule has 2 heterocycles. The normalized spacial score (nSPS) is 13.4. The monoisotopic (exact) mass is 378 g/mol. The number of hydrogen-bond acceptors (Lipinski definition) is 3. The molecule has 0 radical (unpaired) electrons. The van der Waals surface area contributed by atoms with Gasteiger partial charge in [-0.3, -0.25) is 9.36 Å². The van der Waals surface area contributed by atoms with Gasteiger partial charge in [-0.2, -0.15) is 5.10 Å². The molecule has 0 unspecified atom stereocenters. The Morgan fingerprint density at radius 1 is 0.862 bits per heavy atom. The van der Waals surface area contributed by atoms with Crippen molar-refractivity contribution in [1.82, 2.24) is 19.3 Å². The highest BCUT2D eigenvalue weighted by atomic mass is 16.1. The Morgan fingerprint density at radius 3 is 2.41 bits per heavy atom. The van der Waals surface area contributed by atoms with Crippen LogP contribution >= 0.6 is 0 Å². The van der Waals surface area contributed by atoms with Crippen LogP contribution in [0, 0.1) is 0 Å². The van der Waals surface area contributed by atoms with Crippen molar-refractivity contribution in [1.29, 1.82) is 0 Å². The predicted octanol–water partition coefficient (Wildman–Crippen LogP) is 4.61. The van der Waals surface area contributed by atoms with Gasteiger partial charge in [0, 0.05) is 17.7 Å². The van der Waals surface area contributed by atoms with Gasteiger partial charge in [0.25, 0.3) is 5.56 Å². The van der Waals surface area contributed by atoms with E-state index in [-0.39, 0.29) is 5.56 Å². The number of para-hydroxylation sites is 1. The maximum Gasteiger partial charge on any atom is 0.269 e. The number of benzene rings is 2. The van der Waals surface area contributed by atoms with Crippen LogP contribution < -0.4 is 5.56 Å². The Labute approximate surface area is 167 Å². The van der Waals surface area contributed by atoms with Crippen molar-refractivity contribution in [2.75, 3.05) is 0 Å². The van der Waals surface area contributed by atoms with Gasteiger partial charge < -0.3 is 0 Å². The Hall–Kier alpha value is -3.99. The maximum absolute atomic E-state index is 13.6. The second-order valence-electron chi connectivity index (χ2n) is 6.76. The molecule has 0 aliphatic heterocycles. The number of allylic oxidation sites excluding steroid dienone is 6. The topological polar surface area (TPSA) is 52.7 Å². The molecule has 1 aliphatic rings. The average Bonchev–Trinajstić information content (AvgIpc) is 2.96. The summed E-state index contributed by atoms with van der Waals surface area (Å²) in [6.07, 6.45) is 12.1. The fourth-order valence-corrected chi connectivity index (χ4v) is 3.51. The van der Waals surface area contributed by atoms with Gasteiger partial charge in [-0.05, 0) is 18.2 Å². The Balaban J connectivity index is 1.81. The van der Waals surface area contributed by atoms with Crippen molar-refractivity contribution in [3.63, 3.8) is 0 Å². The first-order valence-corrected chi connectivity index (χ1v) is 9.47. The number of nitrogens with zero attached hydrogens (tertiary/aromatic N) is 4. The van der Waals surface area contributed by atoms with E-state index in [1.54, 1.807) is 15.6 Å². The standard InChI is InChI=1S/C24H18N4O/c29-24-21-22(18-11-5-3-6-12-18)26-28(20-15-9-4-10-16-20)23(21)25-17-27(24)19-13-7-1-2-8-14-19/h1-13,15-17H,14H2. The van der Waals surface area contributed by atoms with Crippen molar-refractivity contribution in [2.24, 2.45) is 0 Å². The first-order chi connectivity index (χ1) is 14.3. The zero-order valence-corrected chi connectivity index (χ0v) is 15.6. The molecule has 0 saturated heterocycles. The summed E-state index contributed by atoms with van der Waals surface area (Å²) in [6, 6.07) is 19.5. The lowest BCUT2D eigenvalue weighted by atomic mass is 10.1. The SMILES string of the molecule is O=c1c2c(-c3ccccc3)nn(-c3ccccc3)c2ncn1C1=CC=CC=CC1. The molecule has 0 amide bonds. The van der Waals surface area contributed by atoms with E-state index in [2.05, 4.69) is 4.98 Å². The van der Waals surface area contributed by atoms with Crippen molar-refractivity contribution in [3.8, 4) is 16.9 Å². The molecule has 0 N–H and O–H groups in total. The summed E-state index contributed by atoms with van der Waals surface area (Å²) in [6.45, 7) is 0. The third kappa shape index (κ3) is 3.02. The van der Waals surface area contributed by atoms with Crippen LogP contribution in [-0.2, 0) is 0 Å². The first kappa shape index (κ1) is 17.1. The van der Waals surface area contributed by atoms with Gasteiger partial charge in [-0.15, -0.1) is 0 Å². The molecule has 2 aromatic carbocycles. The van der Waals surface area contributed by atoms with Crippen LogP contribution in [0.25, 0.3) is 33.7 Å². The fraction of sp³-hybridized carbons (Fsp3) is 0.0417. The van der Waals surface area contributed by atoms with Crippen LogP contribution in [0.1, 0.15) is 6.42 Å². The number of aromatic nitrogens is 4. The van der Waals surface area contributed by atoms with Gasteiger partial charge in [0.15, 0.2) is 5.65 Å². The van der Waals surface area contributed by atoms with Crippen LogP contribution in [0.4, 0.5) is 0 Å². The molecule has 4 aromatic rings. The molecule has 140 valence electrons. The molecule has 1 aliphatic carbocycles. The molecule has 5 nitrogen and oxygen atoms in total. The molecule has 0 spiro atoms. The number of hydrogen-bond donors (Lipinski definition) is 0. The molecule has 2 aromatic heterocycles. The molecule has 0 bridgehead atoms. The zero-order valence-electron chi connectivity index (χ0n) is 15.6. The van der Waals surface area contributed by atoms with Crippen molar-refractivity contribution in [2.45, 2.75) is 6.42 Å². The van der Waals surface area contributed by atoms with Crippen LogP contribution in [0.2, 0.25) is 0 Å². The Bertz CT molecular complexity index is 1330. The lowest BCUT2D eigenvalue weighted by Crippen LogP contribution is -2.20. The summed E-state index contributed by atoms with van der Waals surface area (Å²) in [5, 5.41) is 5.30. The van der Waals surface area contributed by atoms with E-state index in [0.717, 1.165) is 16.9 Å². The maximum atomic E-state index is 13.6. The third-order valence-electron chi connectivity index (χ3n) is 4.92. The van der Waals surface area contributed by atoms with Gasteiger partial charge in [0.1, 0.15) is 17.4 Å². The minimum atomic E-state index is -0.119. The van der Waals surface area contributed by atoms with Gasteiger partial charge in [0.2, 0.25) is 0 Å². The zero-order chi connectivity index (χ0) is 19.6. The van der Waals surface area contributed by atoms with Crippen molar-refractivity contribution >= 4 is 16.7 Å². The molecule has 5 heteroatoms. The van der Waals surface area contributed by atoms with Crippen LogP contribution in [-0.4, -0.2) is 19.3 Å². The summed E-state index contributed by atoms with van der Waals surface area (Å²) in [4.78, 5) is 18.2. The molecular formula is C24H18N4O. The van der Waals surface area contributed by atoms with E-state index in [4.69, 9.17) is 5.10 Å². The van der Waals surface area contributed by atoms with Gasteiger partial charge >= 0.3 is 0 Å². The first-order valence-electron chi connectivity index (χ1n) is 9.47. The van der Waals surface area contributed by atoms with E-state index in [0.29, 0.717) is 23.1 Å². The molecule has 0 fully saturated rings. The summed E-state index contributed by atoms with van der Waals surface area (Å²) in [7, 11) is 0. The van der Waals surface area contributed by atoms with E-state index >= 15 is 0 Å². The highest BCUT2D eigenvalue weighted by Crippen LogP contribution is 2.27. The summed E-state index contributed by atoms with van der Waals surface area (Å²) >= 11 is 0. The van der Waals surface area contributed by atoms with E-state index < -0.39 is 0 Å². The summed E-state index contributed by atoms with van der Waals surface area (Å²) in [5.74, 6) is 0. The summed E-state index contributed by atoms with van der Waals surface area (Å²) < 4.78 is 3.36. The number of rotatable bonds is 3. The highest BCUT2D eigenvalue weighted by Gasteiger charge is 2.20. The largest absolute Gasteiger partial charge is 0.270 e. The smallest absolute Gasteiger partial charge is 0.269 e. The van der Waals surface area contributed by atoms with E-state index in [1.807, 2.05) is 91.0 Å². The van der Waals surface area contributed by atoms with E-state index in [1.165, 1.54) is 0 Å². The molecule has 5 rings (SSSR count). The lowest BCUT2D eigenvalue weighted by Gasteiger charge is -2.08. The lowest BCUT2D eigenvalue weighted by molar-refractivity contribution is 0.888. The quantitative estimate of drug-likeness (QED) is 0.523.